The zero-order valence-electron chi connectivity index (χ0n) is 13.7. The Morgan fingerprint density at radius 1 is 1.39 bits per heavy atom. The maximum atomic E-state index is 11.6. The molecule has 2 rings (SSSR count). The van der Waals surface area contributed by atoms with Crippen molar-refractivity contribution in [1.82, 2.24) is 14.9 Å². The lowest BCUT2D eigenvalue weighted by atomic mass is 10.2. The minimum Gasteiger partial charge on any atom is -0.444 e. The van der Waals surface area contributed by atoms with Crippen molar-refractivity contribution in [2.24, 2.45) is 0 Å². The molecule has 0 aliphatic rings. The molecule has 124 valence electrons. The molecule has 0 unspecified atom stereocenters. The van der Waals surface area contributed by atoms with Gasteiger partial charge in [0.15, 0.2) is 0 Å². The van der Waals surface area contributed by atoms with E-state index < -0.39 is 11.7 Å². The summed E-state index contributed by atoms with van der Waals surface area (Å²) in [5.74, 6) is 0. The third-order valence-electron chi connectivity index (χ3n) is 3.09. The van der Waals surface area contributed by atoms with Crippen LogP contribution in [0.4, 0.5) is 4.79 Å². The number of rotatable bonds is 5. The summed E-state index contributed by atoms with van der Waals surface area (Å²) in [5, 5.41) is 2.77. The molecule has 0 fully saturated rings. The largest absolute Gasteiger partial charge is 0.444 e. The highest BCUT2D eigenvalue weighted by Gasteiger charge is 2.15. The van der Waals surface area contributed by atoms with Crippen molar-refractivity contribution in [1.29, 1.82) is 0 Å². The molecular weight excluding hydrogens is 358 g/mol. The van der Waals surface area contributed by atoms with E-state index in [1.54, 1.807) is 0 Å². The second kappa shape index (κ2) is 7.64. The number of nitrogens with one attached hydrogen (secondary N) is 1. The number of nitrogens with zero attached hydrogens (tertiary/aromatic N) is 2. The van der Waals surface area contributed by atoms with Crippen LogP contribution in [-0.4, -0.2) is 27.8 Å². The Hall–Kier alpha value is -1.82. The number of amides is 1. The first-order chi connectivity index (χ1) is 10.8. The Kier molecular flexibility index (Phi) is 5.82. The van der Waals surface area contributed by atoms with Crippen LogP contribution in [0.2, 0.25) is 0 Å². The van der Waals surface area contributed by atoms with Crippen LogP contribution in [0.3, 0.4) is 0 Å². The number of alkyl carbamates (subject to hydrolysis) is 1. The number of ether oxygens (including phenoxy) is 1. The Morgan fingerprint density at radius 3 is 2.87 bits per heavy atom. The van der Waals surface area contributed by atoms with Crippen molar-refractivity contribution >= 4 is 22.0 Å². The van der Waals surface area contributed by atoms with Gasteiger partial charge in [-0.2, -0.15) is 0 Å². The maximum Gasteiger partial charge on any atom is 0.407 e. The molecule has 0 spiro atoms. The summed E-state index contributed by atoms with van der Waals surface area (Å²) in [6.07, 6.45) is 3.95. The highest BCUT2D eigenvalue weighted by Crippen LogP contribution is 2.14. The smallest absolute Gasteiger partial charge is 0.407 e. The second-order valence-corrected chi connectivity index (χ2v) is 7.24. The number of hydrogen-bond acceptors (Lipinski definition) is 3. The summed E-state index contributed by atoms with van der Waals surface area (Å²) >= 11 is 3.48. The van der Waals surface area contributed by atoms with Gasteiger partial charge in [-0.1, -0.05) is 28.1 Å². The van der Waals surface area contributed by atoms with Crippen LogP contribution in [0.1, 0.15) is 32.0 Å². The number of benzene rings is 1. The summed E-state index contributed by atoms with van der Waals surface area (Å²) in [6.45, 7) is 6.80. The molecule has 0 saturated heterocycles. The molecule has 6 heteroatoms. The first-order valence-corrected chi connectivity index (χ1v) is 8.33. The normalized spacial score (nSPS) is 11.3. The molecule has 0 aliphatic carbocycles. The molecule has 0 aliphatic heterocycles. The van der Waals surface area contributed by atoms with Crippen molar-refractivity contribution in [2.45, 2.75) is 39.3 Å². The molecule has 0 saturated carbocycles. The minimum atomic E-state index is -0.480. The Balaban J connectivity index is 1.88. The predicted octanol–water partition coefficient (Wildman–Crippen LogP) is 3.76. The van der Waals surface area contributed by atoms with Crippen molar-refractivity contribution in [3.8, 4) is 0 Å². The third kappa shape index (κ3) is 6.06. The summed E-state index contributed by atoms with van der Waals surface area (Å²) in [5.41, 5.74) is 1.78. The molecule has 23 heavy (non-hydrogen) atoms. The van der Waals surface area contributed by atoms with Gasteiger partial charge in [-0.3, -0.25) is 0 Å². The molecule has 1 N–H and O–H groups in total. The molecule has 1 aromatic carbocycles. The van der Waals surface area contributed by atoms with Gasteiger partial charge in [0.2, 0.25) is 0 Å². The predicted molar refractivity (Wildman–Crippen MR) is 93.4 cm³/mol. The van der Waals surface area contributed by atoms with Crippen LogP contribution in [0.15, 0.2) is 41.3 Å². The number of hydrogen-bond donors (Lipinski definition) is 1. The Bertz CT molecular complexity index is 662. The van der Waals surface area contributed by atoms with Gasteiger partial charge in [-0.25, -0.2) is 9.78 Å². The van der Waals surface area contributed by atoms with Gasteiger partial charge in [0.1, 0.15) is 5.60 Å². The summed E-state index contributed by atoms with van der Waals surface area (Å²) in [6, 6.07) is 8.18. The van der Waals surface area contributed by atoms with E-state index in [0.29, 0.717) is 13.0 Å². The summed E-state index contributed by atoms with van der Waals surface area (Å²) in [7, 11) is 0. The van der Waals surface area contributed by atoms with Gasteiger partial charge in [0.05, 0.1) is 6.33 Å². The van der Waals surface area contributed by atoms with E-state index in [9.17, 15) is 4.79 Å². The lowest BCUT2D eigenvalue weighted by Crippen LogP contribution is -2.33. The van der Waals surface area contributed by atoms with Gasteiger partial charge in [0.25, 0.3) is 0 Å². The van der Waals surface area contributed by atoms with E-state index >= 15 is 0 Å². The summed E-state index contributed by atoms with van der Waals surface area (Å²) < 4.78 is 8.36. The monoisotopic (exact) mass is 379 g/mol. The lowest BCUT2D eigenvalue weighted by Gasteiger charge is -2.19. The number of carbonyl (C=O) groups excluding carboxylic acids is 1. The van der Waals surface area contributed by atoms with E-state index in [2.05, 4.69) is 42.9 Å². The first-order valence-electron chi connectivity index (χ1n) is 7.54. The molecule has 2 aromatic rings. The molecule has 1 heterocycles. The molecule has 1 aromatic heterocycles. The van der Waals surface area contributed by atoms with Crippen molar-refractivity contribution < 1.29 is 9.53 Å². The molecule has 1 amide bonds. The zero-order chi connectivity index (χ0) is 16.9. The third-order valence-corrected chi connectivity index (χ3v) is 3.58. The van der Waals surface area contributed by atoms with Crippen molar-refractivity contribution in [2.75, 3.05) is 6.54 Å². The number of carbonyl (C=O) groups is 1. The fraction of sp³-hybridized carbons (Fsp3) is 0.412. The lowest BCUT2D eigenvalue weighted by molar-refractivity contribution is 0.0528. The van der Waals surface area contributed by atoms with Crippen molar-refractivity contribution in [3.05, 3.63) is 52.5 Å². The van der Waals surface area contributed by atoms with Gasteiger partial charge >= 0.3 is 6.09 Å². The number of halogens is 1. The van der Waals surface area contributed by atoms with Crippen LogP contribution < -0.4 is 5.32 Å². The van der Waals surface area contributed by atoms with Crippen LogP contribution in [0, 0.1) is 0 Å². The van der Waals surface area contributed by atoms with Gasteiger partial charge in [-0.15, -0.1) is 0 Å². The van der Waals surface area contributed by atoms with E-state index in [1.165, 1.54) is 5.56 Å². The van der Waals surface area contributed by atoms with Crippen LogP contribution in [-0.2, 0) is 17.7 Å². The minimum absolute atomic E-state index is 0.393. The van der Waals surface area contributed by atoms with Gasteiger partial charge in [-0.05, 0) is 38.5 Å². The van der Waals surface area contributed by atoms with E-state index in [0.717, 1.165) is 16.7 Å². The Morgan fingerprint density at radius 2 is 2.17 bits per heavy atom. The molecular formula is C17H22BrN3O2. The van der Waals surface area contributed by atoms with Gasteiger partial charge < -0.3 is 14.6 Å². The topological polar surface area (TPSA) is 56.1 Å². The Labute approximate surface area is 145 Å². The van der Waals surface area contributed by atoms with Gasteiger partial charge in [0, 0.05) is 35.9 Å². The fourth-order valence-electron chi connectivity index (χ4n) is 2.14. The van der Waals surface area contributed by atoms with Crippen LogP contribution in [0.5, 0.6) is 0 Å². The van der Waals surface area contributed by atoms with Crippen LogP contribution in [0.25, 0.3) is 0 Å². The highest BCUT2D eigenvalue weighted by atomic mass is 79.9. The summed E-state index contributed by atoms with van der Waals surface area (Å²) in [4.78, 5) is 15.8. The zero-order valence-corrected chi connectivity index (χ0v) is 15.3. The molecule has 0 bridgehead atoms. The standard InChI is InChI=1S/C17H22BrN3O2/c1-17(2,3)23-16(22)20-8-7-15-10-19-12-21(15)11-13-5-4-6-14(18)9-13/h4-6,9-10,12H,7-8,11H2,1-3H3,(H,20,22). The number of aromatic nitrogens is 2. The van der Waals surface area contributed by atoms with E-state index in [4.69, 9.17) is 4.74 Å². The van der Waals surface area contributed by atoms with E-state index in [-0.39, 0.29) is 0 Å². The second-order valence-electron chi connectivity index (χ2n) is 6.32. The van der Waals surface area contributed by atoms with E-state index in [1.807, 2.05) is 45.4 Å². The average Bonchev–Trinajstić information content (AvgIpc) is 2.84. The maximum absolute atomic E-state index is 11.6. The quantitative estimate of drug-likeness (QED) is 0.860. The highest BCUT2D eigenvalue weighted by molar-refractivity contribution is 9.10. The molecule has 5 nitrogen and oxygen atoms in total. The SMILES string of the molecule is CC(C)(C)OC(=O)NCCc1cncn1Cc1cccc(Br)c1. The average molecular weight is 380 g/mol. The van der Waals surface area contributed by atoms with Crippen LogP contribution >= 0.6 is 15.9 Å². The molecule has 0 radical (unpaired) electrons. The fourth-order valence-corrected chi connectivity index (χ4v) is 2.58. The van der Waals surface area contributed by atoms with Crippen molar-refractivity contribution in [3.63, 3.8) is 0 Å². The first kappa shape index (κ1) is 17.5. The number of imidazole rings is 1. The molecule has 0 atom stereocenters.